The molecule has 0 unspecified atom stereocenters. The van der Waals surface area contributed by atoms with Gasteiger partial charge < -0.3 is 9.88 Å². The Bertz CT molecular complexity index is 1160. The topological polar surface area (TPSA) is 93.1 Å². The molecule has 0 spiro atoms. The van der Waals surface area contributed by atoms with E-state index in [1.54, 1.807) is 0 Å². The van der Waals surface area contributed by atoms with Crippen molar-refractivity contribution in [3.8, 4) is 0 Å². The molecular weight excluding hydrogens is 424 g/mol. The standard InChI is InChI=1S/C24H30N4O3S/c1-18-6-12-21(13-7-18)27-32(30,31)16-24(29)25-14-19-8-10-20(11-9-19)15-28-17-26-22-4-2-3-5-23(22)28/h2-5,8-11,17-18,21,27H,6-7,12-16H2,1H3,(H,25,29). The summed E-state index contributed by atoms with van der Waals surface area (Å²) in [6.45, 7) is 3.19. The van der Waals surface area contributed by atoms with Gasteiger partial charge in [-0.1, -0.05) is 43.3 Å². The number of amides is 1. The van der Waals surface area contributed by atoms with Crippen molar-refractivity contribution in [3.63, 3.8) is 0 Å². The lowest BCUT2D eigenvalue weighted by atomic mass is 9.88. The van der Waals surface area contributed by atoms with E-state index in [0.717, 1.165) is 47.8 Å². The molecule has 3 aromatic rings. The smallest absolute Gasteiger partial charge is 0.236 e. The van der Waals surface area contributed by atoms with Crippen LogP contribution < -0.4 is 10.0 Å². The lowest BCUT2D eigenvalue weighted by Crippen LogP contribution is -2.42. The summed E-state index contributed by atoms with van der Waals surface area (Å²) in [5, 5.41) is 2.72. The molecule has 1 heterocycles. The predicted molar refractivity (Wildman–Crippen MR) is 125 cm³/mol. The van der Waals surface area contributed by atoms with Crippen LogP contribution in [-0.4, -0.2) is 35.7 Å². The van der Waals surface area contributed by atoms with Crippen LogP contribution in [0.2, 0.25) is 0 Å². The highest BCUT2D eigenvalue weighted by atomic mass is 32.2. The lowest BCUT2D eigenvalue weighted by Gasteiger charge is -2.26. The van der Waals surface area contributed by atoms with Gasteiger partial charge in [0.05, 0.1) is 17.4 Å². The van der Waals surface area contributed by atoms with Crippen molar-refractivity contribution < 1.29 is 13.2 Å². The fraction of sp³-hybridized carbons (Fsp3) is 0.417. The molecule has 1 aliphatic carbocycles. The Morgan fingerprint density at radius 3 is 2.47 bits per heavy atom. The lowest BCUT2D eigenvalue weighted by molar-refractivity contribution is -0.118. The van der Waals surface area contributed by atoms with Crippen molar-refractivity contribution in [1.82, 2.24) is 19.6 Å². The van der Waals surface area contributed by atoms with Gasteiger partial charge in [-0.05, 0) is 54.9 Å². The fourth-order valence-corrected chi connectivity index (χ4v) is 5.47. The van der Waals surface area contributed by atoms with Gasteiger partial charge in [0.1, 0.15) is 5.75 Å². The number of fused-ring (bicyclic) bond motifs is 1. The van der Waals surface area contributed by atoms with Crippen LogP contribution in [0.5, 0.6) is 0 Å². The largest absolute Gasteiger partial charge is 0.351 e. The number of sulfonamides is 1. The molecule has 1 aromatic heterocycles. The molecule has 0 bridgehead atoms. The molecule has 4 rings (SSSR count). The zero-order chi connectivity index (χ0) is 22.6. The minimum Gasteiger partial charge on any atom is -0.351 e. The van der Waals surface area contributed by atoms with Crippen LogP contribution in [0.4, 0.5) is 0 Å². The Kier molecular flexibility index (Phi) is 6.91. The zero-order valence-corrected chi connectivity index (χ0v) is 19.1. The van der Waals surface area contributed by atoms with Crippen LogP contribution >= 0.6 is 0 Å². The Morgan fingerprint density at radius 1 is 1.03 bits per heavy atom. The number of hydrogen-bond donors (Lipinski definition) is 2. The van der Waals surface area contributed by atoms with E-state index in [-0.39, 0.29) is 6.04 Å². The normalized spacial score (nSPS) is 19.2. The van der Waals surface area contributed by atoms with Crippen LogP contribution in [0, 0.1) is 5.92 Å². The van der Waals surface area contributed by atoms with Gasteiger partial charge in [-0.25, -0.2) is 18.1 Å². The predicted octanol–water partition coefficient (Wildman–Crippen LogP) is 3.20. The quantitative estimate of drug-likeness (QED) is 0.547. The first-order valence-electron chi connectivity index (χ1n) is 11.1. The number of para-hydroxylation sites is 2. The first kappa shape index (κ1) is 22.5. The molecule has 0 atom stereocenters. The van der Waals surface area contributed by atoms with Gasteiger partial charge in [0.25, 0.3) is 0 Å². The molecule has 0 saturated heterocycles. The molecule has 8 heteroatoms. The van der Waals surface area contributed by atoms with Crippen molar-refractivity contribution in [2.75, 3.05) is 5.75 Å². The van der Waals surface area contributed by atoms with Gasteiger partial charge in [0, 0.05) is 19.1 Å². The average Bonchev–Trinajstić information content (AvgIpc) is 3.17. The molecule has 170 valence electrons. The van der Waals surface area contributed by atoms with Gasteiger partial charge in [0.2, 0.25) is 15.9 Å². The van der Waals surface area contributed by atoms with Gasteiger partial charge in [-0.3, -0.25) is 4.79 Å². The van der Waals surface area contributed by atoms with Crippen molar-refractivity contribution in [1.29, 1.82) is 0 Å². The second kappa shape index (κ2) is 9.83. The van der Waals surface area contributed by atoms with Gasteiger partial charge >= 0.3 is 0 Å². The minimum atomic E-state index is -3.63. The highest BCUT2D eigenvalue weighted by molar-refractivity contribution is 7.90. The van der Waals surface area contributed by atoms with Gasteiger partial charge in [0.15, 0.2) is 0 Å². The Morgan fingerprint density at radius 2 is 1.72 bits per heavy atom. The van der Waals surface area contributed by atoms with E-state index in [9.17, 15) is 13.2 Å². The van der Waals surface area contributed by atoms with Crippen molar-refractivity contribution in [2.45, 2.75) is 51.7 Å². The number of imidazole rings is 1. The number of hydrogen-bond acceptors (Lipinski definition) is 4. The number of benzene rings is 2. The van der Waals surface area contributed by atoms with E-state index in [1.165, 1.54) is 0 Å². The molecule has 0 radical (unpaired) electrons. The Hall–Kier alpha value is -2.71. The second-order valence-electron chi connectivity index (χ2n) is 8.79. The minimum absolute atomic E-state index is 0.0517. The number of rotatable bonds is 8. The summed E-state index contributed by atoms with van der Waals surface area (Å²) >= 11 is 0. The monoisotopic (exact) mass is 454 g/mol. The summed E-state index contributed by atoms with van der Waals surface area (Å²) in [7, 11) is -3.63. The first-order chi connectivity index (χ1) is 15.4. The highest BCUT2D eigenvalue weighted by Crippen LogP contribution is 2.23. The van der Waals surface area contributed by atoms with Crippen LogP contribution in [0.1, 0.15) is 43.7 Å². The van der Waals surface area contributed by atoms with E-state index in [4.69, 9.17) is 0 Å². The van der Waals surface area contributed by atoms with Crippen LogP contribution in [0.3, 0.4) is 0 Å². The third-order valence-electron chi connectivity index (χ3n) is 6.08. The number of aromatic nitrogens is 2. The number of carbonyl (C=O) groups is 1. The average molecular weight is 455 g/mol. The van der Waals surface area contributed by atoms with Crippen LogP contribution in [-0.2, 0) is 27.9 Å². The van der Waals surface area contributed by atoms with E-state index < -0.39 is 21.7 Å². The molecule has 0 aliphatic heterocycles. The van der Waals surface area contributed by atoms with Crippen molar-refractivity contribution in [2.24, 2.45) is 5.92 Å². The summed E-state index contributed by atoms with van der Waals surface area (Å²) in [4.78, 5) is 16.6. The molecule has 1 fully saturated rings. The van der Waals surface area contributed by atoms with E-state index in [1.807, 2.05) is 54.9 Å². The van der Waals surface area contributed by atoms with Crippen molar-refractivity contribution in [3.05, 3.63) is 66.0 Å². The molecule has 7 nitrogen and oxygen atoms in total. The third kappa shape index (κ3) is 5.95. The summed E-state index contributed by atoms with van der Waals surface area (Å²) < 4.78 is 29.4. The fourth-order valence-electron chi connectivity index (χ4n) is 4.19. The summed E-state index contributed by atoms with van der Waals surface area (Å²) in [6, 6.07) is 15.9. The molecule has 1 aliphatic rings. The SMILES string of the molecule is CC1CCC(NS(=O)(=O)CC(=O)NCc2ccc(Cn3cnc4ccccc43)cc2)CC1. The molecule has 32 heavy (non-hydrogen) atoms. The van der Waals surface area contributed by atoms with E-state index in [0.29, 0.717) is 19.0 Å². The maximum Gasteiger partial charge on any atom is 0.236 e. The van der Waals surface area contributed by atoms with Gasteiger partial charge in [-0.2, -0.15) is 0 Å². The summed E-state index contributed by atoms with van der Waals surface area (Å²) in [5.74, 6) is -0.384. The molecule has 2 aromatic carbocycles. The Balaban J connectivity index is 1.26. The highest BCUT2D eigenvalue weighted by Gasteiger charge is 2.24. The van der Waals surface area contributed by atoms with E-state index >= 15 is 0 Å². The maximum atomic E-state index is 12.3. The zero-order valence-electron chi connectivity index (χ0n) is 18.3. The summed E-state index contributed by atoms with van der Waals surface area (Å²) in [6.07, 6.45) is 5.55. The number of nitrogens with zero attached hydrogens (tertiary/aromatic N) is 2. The van der Waals surface area contributed by atoms with E-state index in [2.05, 4.69) is 26.5 Å². The summed E-state index contributed by atoms with van der Waals surface area (Å²) in [5.41, 5.74) is 4.09. The molecule has 1 amide bonds. The second-order valence-corrected chi connectivity index (χ2v) is 10.5. The third-order valence-corrected chi connectivity index (χ3v) is 7.41. The number of carbonyl (C=O) groups excluding carboxylic acids is 1. The van der Waals surface area contributed by atoms with Crippen LogP contribution in [0.15, 0.2) is 54.9 Å². The molecule has 2 N–H and O–H groups in total. The molecule has 1 saturated carbocycles. The van der Waals surface area contributed by atoms with Crippen LogP contribution in [0.25, 0.3) is 11.0 Å². The molecular formula is C24H30N4O3S. The van der Waals surface area contributed by atoms with Crippen molar-refractivity contribution >= 4 is 27.0 Å². The first-order valence-corrected chi connectivity index (χ1v) is 12.8. The van der Waals surface area contributed by atoms with Gasteiger partial charge in [-0.15, -0.1) is 0 Å². The number of nitrogens with one attached hydrogen (secondary N) is 2. The maximum absolute atomic E-state index is 12.3. The Labute approximate surface area is 189 Å².